The second-order valence-electron chi connectivity index (χ2n) is 9.02. The van der Waals surface area contributed by atoms with Crippen molar-refractivity contribution in [1.82, 2.24) is 15.1 Å². The van der Waals surface area contributed by atoms with Crippen molar-refractivity contribution >= 4 is 17.7 Å². The molecule has 5 rings (SSSR count). The summed E-state index contributed by atoms with van der Waals surface area (Å²) in [5, 5.41) is 2.36. The molecule has 3 amide bonds. The highest BCUT2D eigenvalue weighted by molar-refractivity contribution is 6.05. The van der Waals surface area contributed by atoms with E-state index in [1.165, 1.54) is 31.2 Å². The van der Waals surface area contributed by atoms with E-state index in [1.807, 2.05) is 6.07 Å². The number of nitrogens with one attached hydrogen (secondary N) is 1. The molecule has 4 aliphatic heterocycles. The number of nitrogens with two attached hydrogens (primary N) is 1. The highest BCUT2D eigenvalue weighted by atomic mass is 16.2. The average molecular weight is 396 g/mol. The molecule has 3 N–H and O–H groups in total. The molecule has 0 aromatic heterocycles. The standard InChI is InChI=1S/C22H28N4O3/c23-10-14-8-16-2-3-17(9-14)25(16)11-13-1-4-18-15(7-13)12-26(22(18)29)19-5-6-20(27)24-21(19)28/h1,4,7,14,16-17,19H,2-3,5-6,8-12,23H2,(H,24,27,28)/t14?,16-,17+,19?. The Balaban J connectivity index is 1.30. The summed E-state index contributed by atoms with van der Waals surface area (Å²) in [4.78, 5) is 40.7. The molecule has 7 nitrogen and oxygen atoms in total. The van der Waals surface area contributed by atoms with Crippen molar-refractivity contribution in [3.63, 3.8) is 0 Å². The third kappa shape index (κ3) is 3.26. The van der Waals surface area contributed by atoms with Crippen LogP contribution in [0.3, 0.4) is 0 Å². The third-order valence-corrected chi connectivity index (χ3v) is 7.27. The lowest BCUT2D eigenvalue weighted by atomic mass is 9.90. The van der Waals surface area contributed by atoms with Crippen LogP contribution in [0.1, 0.15) is 60.0 Å². The van der Waals surface area contributed by atoms with Crippen molar-refractivity contribution in [3.05, 3.63) is 34.9 Å². The Morgan fingerprint density at radius 3 is 2.52 bits per heavy atom. The summed E-state index contributed by atoms with van der Waals surface area (Å²) in [6, 6.07) is 6.79. The lowest BCUT2D eigenvalue weighted by Gasteiger charge is -2.38. The number of benzene rings is 1. The number of nitrogens with zero attached hydrogens (tertiary/aromatic N) is 2. The number of rotatable bonds is 4. The maximum Gasteiger partial charge on any atom is 0.255 e. The van der Waals surface area contributed by atoms with Gasteiger partial charge in [-0.1, -0.05) is 12.1 Å². The number of carbonyl (C=O) groups excluding carboxylic acids is 3. The Bertz CT molecular complexity index is 856. The number of hydrogen-bond donors (Lipinski definition) is 2. The molecule has 154 valence electrons. The van der Waals surface area contributed by atoms with E-state index < -0.39 is 6.04 Å². The number of fused-ring (bicyclic) bond motifs is 3. The molecule has 0 spiro atoms. The van der Waals surface area contributed by atoms with Crippen molar-refractivity contribution in [2.24, 2.45) is 11.7 Å². The topological polar surface area (TPSA) is 95.7 Å². The predicted octanol–water partition coefficient (Wildman–Crippen LogP) is 1.15. The highest BCUT2D eigenvalue weighted by Gasteiger charge is 2.41. The normalized spacial score (nSPS) is 31.9. The van der Waals surface area contributed by atoms with Gasteiger partial charge in [-0.15, -0.1) is 0 Å². The minimum atomic E-state index is -0.554. The second kappa shape index (κ2) is 7.22. The summed E-state index contributed by atoms with van der Waals surface area (Å²) in [6.45, 7) is 2.14. The van der Waals surface area contributed by atoms with Gasteiger partial charge < -0.3 is 10.6 Å². The first kappa shape index (κ1) is 18.8. The van der Waals surface area contributed by atoms with Gasteiger partial charge in [-0.25, -0.2) is 0 Å². The minimum absolute atomic E-state index is 0.107. The van der Waals surface area contributed by atoms with E-state index in [0.29, 0.717) is 36.5 Å². The first-order valence-corrected chi connectivity index (χ1v) is 10.8. The monoisotopic (exact) mass is 396 g/mol. The van der Waals surface area contributed by atoms with E-state index in [9.17, 15) is 14.4 Å². The number of piperidine rings is 2. The fourth-order valence-electron chi connectivity index (χ4n) is 5.77. The maximum absolute atomic E-state index is 12.8. The largest absolute Gasteiger partial charge is 0.330 e. The Kier molecular flexibility index (Phi) is 4.67. The molecule has 4 heterocycles. The van der Waals surface area contributed by atoms with Crippen LogP contribution < -0.4 is 11.1 Å². The van der Waals surface area contributed by atoms with Gasteiger partial charge in [0.2, 0.25) is 11.8 Å². The summed E-state index contributed by atoms with van der Waals surface area (Å²) >= 11 is 0. The second-order valence-corrected chi connectivity index (χ2v) is 9.02. The van der Waals surface area contributed by atoms with Gasteiger partial charge in [-0.2, -0.15) is 0 Å². The molecule has 0 saturated carbocycles. The van der Waals surface area contributed by atoms with E-state index in [4.69, 9.17) is 5.73 Å². The van der Waals surface area contributed by atoms with Crippen LogP contribution in [0.4, 0.5) is 0 Å². The van der Waals surface area contributed by atoms with Crippen LogP contribution in [0, 0.1) is 5.92 Å². The number of imide groups is 1. The molecule has 7 heteroatoms. The van der Waals surface area contributed by atoms with Gasteiger partial charge in [0.1, 0.15) is 6.04 Å². The third-order valence-electron chi connectivity index (χ3n) is 7.27. The van der Waals surface area contributed by atoms with E-state index in [-0.39, 0.29) is 24.1 Å². The van der Waals surface area contributed by atoms with Crippen LogP contribution in [0.25, 0.3) is 0 Å². The zero-order chi connectivity index (χ0) is 20.1. The molecular formula is C22H28N4O3. The Labute approximate surface area is 170 Å². The van der Waals surface area contributed by atoms with E-state index in [2.05, 4.69) is 22.3 Å². The molecule has 4 aliphatic rings. The molecule has 1 aromatic carbocycles. The average Bonchev–Trinajstić information content (AvgIpc) is 3.13. The summed E-state index contributed by atoms with van der Waals surface area (Å²) in [5.41, 5.74) is 8.82. The van der Waals surface area contributed by atoms with Gasteiger partial charge in [0.15, 0.2) is 0 Å². The quantitative estimate of drug-likeness (QED) is 0.745. The van der Waals surface area contributed by atoms with Gasteiger partial charge >= 0.3 is 0 Å². The van der Waals surface area contributed by atoms with Gasteiger partial charge in [0, 0.05) is 37.2 Å². The molecule has 0 aliphatic carbocycles. The van der Waals surface area contributed by atoms with E-state index in [0.717, 1.165) is 18.7 Å². The maximum atomic E-state index is 12.8. The summed E-state index contributed by atoms with van der Waals surface area (Å²) < 4.78 is 0. The van der Waals surface area contributed by atoms with Crippen molar-refractivity contribution in [1.29, 1.82) is 0 Å². The number of hydrogen-bond acceptors (Lipinski definition) is 5. The SMILES string of the molecule is NCC1C[C@H]2CC[C@@H](C1)N2Cc1ccc2c(c1)CN(C1CCC(=O)NC1=O)C2=O. The lowest BCUT2D eigenvalue weighted by molar-refractivity contribution is -0.136. The van der Waals surface area contributed by atoms with Gasteiger partial charge in [-0.3, -0.25) is 24.6 Å². The van der Waals surface area contributed by atoms with Crippen LogP contribution in [0.15, 0.2) is 18.2 Å². The van der Waals surface area contributed by atoms with E-state index >= 15 is 0 Å². The Morgan fingerprint density at radius 1 is 1.07 bits per heavy atom. The number of amides is 3. The zero-order valence-corrected chi connectivity index (χ0v) is 16.6. The van der Waals surface area contributed by atoms with Crippen molar-refractivity contribution < 1.29 is 14.4 Å². The number of carbonyl (C=O) groups is 3. The lowest BCUT2D eigenvalue weighted by Crippen LogP contribution is -2.52. The summed E-state index contributed by atoms with van der Waals surface area (Å²) in [7, 11) is 0. The fourth-order valence-corrected chi connectivity index (χ4v) is 5.77. The molecular weight excluding hydrogens is 368 g/mol. The predicted molar refractivity (Wildman–Crippen MR) is 107 cm³/mol. The highest BCUT2D eigenvalue weighted by Crippen LogP contribution is 2.39. The van der Waals surface area contributed by atoms with Gasteiger partial charge in [-0.05, 0) is 61.8 Å². The van der Waals surface area contributed by atoms with Crippen LogP contribution in [-0.4, -0.2) is 52.2 Å². The molecule has 2 bridgehead atoms. The van der Waals surface area contributed by atoms with Crippen LogP contribution in [0.2, 0.25) is 0 Å². The molecule has 4 atom stereocenters. The molecule has 0 radical (unpaired) electrons. The fraction of sp³-hybridized carbons (Fsp3) is 0.591. The zero-order valence-electron chi connectivity index (χ0n) is 16.6. The molecule has 1 aromatic rings. The van der Waals surface area contributed by atoms with Crippen molar-refractivity contribution in [3.8, 4) is 0 Å². The molecule has 3 fully saturated rings. The van der Waals surface area contributed by atoms with E-state index in [1.54, 1.807) is 4.90 Å². The van der Waals surface area contributed by atoms with Gasteiger partial charge in [0.25, 0.3) is 5.91 Å². The smallest absolute Gasteiger partial charge is 0.255 e. The first-order valence-electron chi connectivity index (χ1n) is 10.8. The van der Waals surface area contributed by atoms with Crippen molar-refractivity contribution in [2.45, 2.75) is 69.7 Å². The first-order chi connectivity index (χ1) is 14.0. The van der Waals surface area contributed by atoms with Crippen LogP contribution >= 0.6 is 0 Å². The van der Waals surface area contributed by atoms with Crippen LogP contribution in [-0.2, 0) is 22.7 Å². The van der Waals surface area contributed by atoms with Gasteiger partial charge in [0.05, 0.1) is 0 Å². The molecule has 29 heavy (non-hydrogen) atoms. The molecule has 2 unspecified atom stereocenters. The summed E-state index contributed by atoms with van der Waals surface area (Å²) in [6.07, 6.45) is 5.58. The minimum Gasteiger partial charge on any atom is -0.330 e. The van der Waals surface area contributed by atoms with Crippen molar-refractivity contribution in [2.75, 3.05) is 6.54 Å². The summed E-state index contributed by atoms with van der Waals surface area (Å²) in [5.74, 6) is -0.0685. The molecule has 3 saturated heterocycles. The Hall–Kier alpha value is -2.25. The van der Waals surface area contributed by atoms with Crippen LogP contribution in [0.5, 0.6) is 0 Å². The Morgan fingerprint density at radius 2 is 1.83 bits per heavy atom.